The fourth-order valence-corrected chi connectivity index (χ4v) is 4.43. The molecule has 2 heterocycles. The van der Waals surface area contributed by atoms with Crippen LogP contribution in [-0.2, 0) is 4.79 Å². The maximum Gasteiger partial charge on any atom is 0.237 e. The monoisotopic (exact) mass is 439 g/mol. The minimum atomic E-state index is -0.812. The van der Waals surface area contributed by atoms with Gasteiger partial charge in [0.25, 0.3) is 0 Å². The van der Waals surface area contributed by atoms with Crippen molar-refractivity contribution in [2.75, 3.05) is 5.32 Å². The van der Waals surface area contributed by atoms with Crippen molar-refractivity contribution in [2.45, 2.75) is 36.2 Å². The standard InChI is InChI=1S/C22H19F2N5OS/c1-12(21(30)26-19-16(23)6-4-7-17(19)24)31-22-28-27-20(29(22)13-9-10-13)15-11-25-18-8-3-2-5-14(15)18/h2-8,11-13,25H,9-10H2,1H3,(H,26,30)/t12-/m1/s1. The summed E-state index contributed by atoms with van der Waals surface area (Å²) in [6, 6.07) is 11.7. The fourth-order valence-electron chi connectivity index (χ4n) is 3.51. The summed E-state index contributed by atoms with van der Waals surface area (Å²) in [5.41, 5.74) is 1.52. The first-order chi connectivity index (χ1) is 15.0. The van der Waals surface area contributed by atoms with Gasteiger partial charge in [-0.2, -0.15) is 0 Å². The van der Waals surface area contributed by atoms with Crippen LogP contribution < -0.4 is 5.32 Å². The predicted molar refractivity (Wildman–Crippen MR) is 116 cm³/mol. The number of hydrogen-bond acceptors (Lipinski definition) is 4. The third-order valence-corrected chi connectivity index (χ3v) is 6.33. The first-order valence-corrected chi connectivity index (χ1v) is 10.8. The number of benzene rings is 2. The molecular weight excluding hydrogens is 420 g/mol. The predicted octanol–water partition coefficient (Wildman–Crippen LogP) is 5.16. The number of amides is 1. The lowest BCUT2D eigenvalue weighted by Crippen LogP contribution is -2.24. The molecule has 5 rings (SSSR count). The van der Waals surface area contributed by atoms with Crippen LogP contribution in [0.4, 0.5) is 14.5 Å². The molecule has 1 aliphatic rings. The topological polar surface area (TPSA) is 75.6 Å². The molecule has 2 aromatic heterocycles. The Morgan fingerprint density at radius 2 is 1.90 bits per heavy atom. The van der Waals surface area contributed by atoms with Crippen LogP contribution in [0.5, 0.6) is 0 Å². The SMILES string of the molecule is C[C@@H](Sc1nnc(-c2c[nH]c3ccccc23)n1C1CC1)C(=O)Nc1c(F)cccc1F. The van der Waals surface area contributed by atoms with Crippen LogP contribution in [0.25, 0.3) is 22.3 Å². The summed E-state index contributed by atoms with van der Waals surface area (Å²) in [7, 11) is 0. The number of thioether (sulfide) groups is 1. The van der Waals surface area contributed by atoms with Crippen LogP contribution in [-0.4, -0.2) is 30.9 Å². The van der Waals surface area contributed by atoms with Gasteiger partial charge in [0.1, 0.15) is 17.3 Å². The highest BCUT2D eigenvalue weighted by Gasteiger charge is 2.32. The summed E-state index contributed by atoms with van der Waals surface area (Å²) < 4.78 is 29.8. The zero-order valence-electron chi connectivity index (χ0n) is 16.6. The van der Waals surface area contributed by atoms with Gasteiger partial charge in [-0.25, -0.2) is 8.78 Å². The Morgan fingerprint density at radius 1 is 1.16 bits per heavy atom. The van der Waals surface area contributed by atoms with E-state index in [1.54, 1.807) is 6.92 Å². The highest BCUT2D eigenvalue weighted by Crippen LogP contribution is 2.42. The molecule has 0 aliphatic heterocycles. The molecule has 1 aliphatic carbocycles. The molecule has 158 valence electrons. The van der Waals surface area contributed by atoms with Crippen LogP contribution in [0.1, 0.15) is 25.8 Å². The molecule has 2 N–H and O–H groups in total. The lowest BCUT2D eigenvalue weighted by Gasteiger charge is -2.14. The molecule has 1 atom stereocenters. The number of aromatic amines is 1. The third-order valence-electron chi connectivity index (χ3n) is 5.27. The number of anilines is 1. The van der Waals surface area contributed by atoms with Crippen molar-refractivity contribution in [3.8, 4) is 11.4 Å². The molecule has 6 nitrogen and oxygen atoms in total. The van der Waals surface area contributed by atoms with E-state index in [-0.39, 0.29) is 6.04 Å². The molecule has 1 fully saturated rings. The summed E-state index contributed by atoms with van der Waals surface area (Å²) in [5.74, 6) is -1.38. The highest BCUT2D eigenvalue weighted by molar-refractivity contribution is 8.00. The number of fused-ring (bicyclic) bond motifs is 1. The second-order valence-corrected chi connectivity index (χ2v) is 8.81. The van der Waals surface area contributed by atoms with Crippen LogP contribution in [0.3, 0.4) is 0 Å². The van der Waals surface area contributed by atoms with E-state index < -0.39 is 28.5 Å². The van der Waals surface area contributed by atoms with Crippen molar-refractivity contribution in [1.82, 2.24) is 19.7 Å². The molecule has 4 aromatic rings. The van der Waals surface area contributed by atoms with Crippen LogP contribution in [0.15, 0.2) is 53.8 Å². The maximum atomic E-state index is 13.9. The van der Waals surface area contributed by atoms with E-state index in [1.807, 2.05) is 30.5 Å². The van der Waals surface area contributed by atoms with Gasteiger partial charge in [-0.3, -0.25) is 9.36 Å². The van der Waals surface area contributed by atoms with Crippen molar-refractivity contribution < 1.29 is 13.6 Å². The van der Waals surface area contributed by atoms with Crippen molar-refractivity contribution in [3.05, 3.63) is 60.3 Å². The molecule has 1 saturated carbocycles. The highest BCUT2D eigenvalue weighted by atomic mass is 32.2. The van der Waals surface area contributed by atoms with Gasteiger partial charge in [-0.1, -0.05) is 36.0 Å². The number of halogens is 2. The second kappa shape index (κ2) is 7.81. The number of hydrogen-bond donors (Lipinski definition) is 2. The number of para-hydroxylation sites is 2. The number of carbonyl (C=O) groups excluding carboxylic acids is 1. The van der Waals surface area contributed by atoms with Crippen LogP contribution >= 0.6 is 11.8 Å². The number of H-pyrrole nitrogens is 1. The number of nitrogens with one attached hydrogen (secondary N) is 2. The Hall–Kier alpha value is -3.20. The van der Waals surface area contributed by atoms with Gasteiger partial charge in [0.15, 0.2) is 11.0 Å². The molecular formula is C22H19F2N5OS. The van der Waals surface area contributed by atoms with Gasteiger partial charge in [-0.05, 0) is 38.0 Å². The largest absolute Gasteiger partial charge is 0.360 e. The fraction of sp³-hybridized carbons (Fsp3) is 0.227. The lowest BCUT2D eigenvalue weighted by atomic mass is 10.1. The molecule has 1 amide bonds. The number of aromatic nitrogens is 4. The molecule has 0 bridgehead atoms. The third kappa shape index (κ3) is 3.69. The molecule has 9 heteroatoms. The van der Waals surface area contributed by atoms with Crippen molar-refractivity contribution >= 4 is 34.3 Å². The van der Waals surface area contributed by atoms with Gasteiger partial charge in [0.2, 0.25) is 5.91 Å². The zero-order valence-corrected chi connectivity index (χ0v) is 17.4. The smallest absolute Gasteiger partial charge is 0.237 e. The molecule has 31 heavy (non-hydrogen) atoms. The maximum absolute atomic E-state index is 13.9. The summed E-state index contributed by atoms with van der Waals surface area (Å²) >= 11 is 1.22. The van der Waals surface area contributed by atoms with Gasteiger partial charge < -0.3 is 10.3 Å². The Labute approximate surface area is 181 Å². The van der Waals surface area contributed by atoms with Crippen LogP contribution in [0.2, 0.25) is 0 Å². The summed E-state index contributed by atoms with van der Waals surface area (Å²) in [4.78, 5) is 15.9. The van der Waals surface area contributed by atoms with Gasteiger partial charge in [0.05, 0.1) is 5.25 Å². The number of carbonyl (C=O) groups is 1. The Morgan fingerprint density at radius 3 is 2.65 bits per heavy atom. The Bertz CT molecular complexity index is 1260. The minimum absolute atomic E-state index is 0.278. The van der Waals surface area contributed by atoms with E-state index in [1.165, 1.54) is 17.8 Å². The Kier molecular flexibility index (Phi) is 4.97. The van der Waals surface area contributed by atoms with Crippen molar-refractivity contribution in [1.29, 1.82) is 0 Å². The van der Waals surface area contributed by atoms with Crippen molar-refractivity contribution in [3.63, 3.8) is 0 Å². The molecule has 0 saturated heterocycles. The van der Waals surface area contributed by atoms with Gasteiger partial charge in [-0.15, -0.1) is 10.2 Å². The molecule has 0 radical (unpaired) electrons. The molecule has 2 aromatic carbocycles. The Balaban J connectivity index is 1.42. The van der Waals surface area contributed by atoms with Crippen molar-refractivity contribution in [2.24, 2.45) is 0 Å². The molecule has 0 spiro atoms. The van der Waals surface area contributed by atoms with Gasteiger partial charge in [0, 0.05) is 28.7 Å². The van der Waals surface area contributed by atoms with E-state index in [4.69, 9.17) is 0 Å². The number of rotatable bonds is 6. The lowest BCUT2D eigenvalue weighted by molar-refractivity contribution is -0.115. The summed E-state index contributed by atoms with van der Waals surface area (Å²) in [5, 5.41) is 12.1. The van der Waals surface area contributed by atoms with E-state index in [0.717, 1.165) is 47.3 Å². The summed E-state index contributed by atoms with van der Waals surface area (Å²) in [6.45, 7) is 1.68. The van der Waals surface area contributed by atoms with Gasteiger partial charge >= 0.3 is 0 Å². The van der Waals surface area contributed by atoms with E-state index in [9.17, 15) is 13.6 Å². The summed E-state index contributed by atoms with van der Waals surface area (Å²) in [6.07, 6.45) is 3.95. The van der Waals surface area contributed by atoms with E-state index >= 15 is 0 Å². The average Bonchev–Trinajstić information content (AvgIpc) is 3.38. The zero-order chi connectivity index (χ0) is 21.5. The quantitative estimate of drug-likeness (QED) is 0.407. The minimum Gasteiger partial charge on any atom is -0.360 e. The average molecular weight is 439 g/mol. The van der Waals surface area contributed by atoms with E-state index in [2.05, 4.69) is 25.1 Å². The number of nitrogens with zero attached hydrogens (tertiary/aromatic N) is 3. The second-order valence-electron chi connectivity index (χ2n) is 7.50. The molecule has 0 unspecified atom stereocenters. The normalized spacial score (nSPS) is 14.7. The van der Waals surface area contributed by atoms with E-state index in [0.29, 0.717) is 5.16 Å². The van der Waals surface area contributed by atoms with Crippen LogP contribution in [0, 0.1) is 11.6 Å². The first-order valence-electron chi connectivity index (χ1n) is 9.96. The first kappa shape index (κ1) is 19.7.